The second-order valence-corrected chi connectivity index (χ2v) is 6.24. The number of aliphatic hydroxyl groups is 1. The van der Waals surface area contributed by atoms with Crippen LogP contribution in [0.1, 0.15) is 39.0 Å². The number of carbonyl (C=O) groups is 1. The number of carbonyl (C=O) groups excluding carboxylic acids is 1. The van der Waals surface area contributed by atoms with Crippen LogP contribution in [0.2, 0.25) is 0 Å². The molecule has 2 N–H and O–H groups in total. The quantitative estimate of drug-likeness (QED) is 0.742. The number of piperazine rings is 1. The number of hydrogen-bond acceptors (Lipinski definition) is 4. The highest BCUT2D eigenvalue weighted by atomic mass is 16.3. The molecule has 116 valence electrons. The summed E-state index contributed by atoms with van der Waals surface area (Å²) >= 11 is 0. The van der Waals surface area contributed by atoms with E-state index in [0.717, 1.165) is 58.4 Å². The van der Waals surface area contributed by atoms with Crippen molar-refractivity contribution in [3.05, 3.63) is 0 Å². The van der Waals surface area contributed by atoms with Crippen molar-refractivity contribution in [2.24, 2.45) is 0 Å². The molecule has 2 fully saturated rings. The van der Waals surface area contributed by atoms with Crippen LogP contribution >= 0.6 is 0 Å². The summed E-state index contributed by atoms with van der Waals surface area (Å²) in [7, 11) is 0. The van der Waals surface area contributed by atoms with Gasteiger partial charge in [0.05, 0.1) is 12.1 Å². The third-order valence-corrected chi connectivity index (χ3v) is 4.73. The summed E-state index contributed by atoms with van der Waals surface area (Å²) in [5.74, 6) is 0.0940. The second kappa shape index (κ2) is 7.38. The number of rotatable bonds is 6. The Morgan fingerprint density at radius 1 is 1.15 bits per heavy atom. The lowest BCUT2D eigenvalue weighted by Crippen LogP contribution is -2.49. The van der Waals surface area contributed by atoms with E-state index in [1.165, 1.54) is 0 Å². The number of nitrogens with zero attached hydrogens (tertiary/aromatic N) is 2. The van der Waals surface area contributed by atoms with E-state index in [2.05, 4.69) is 22.0 Å². The van der Waals surface area contributed by atoms with Crippen LogP contribution in [0.4, 0.5) is 0 Å². The van der Waals surface area contributed by atoms with Gasteiger partial charge in [0.25, 0.3) is 0 Å². The summed E-state index contributed by atoms with van der Waals surface area (Å²) in [6.45, 7) is 8.44. The van der Waals surface area contributed by atoms with Gasteiger partial charge in [-0.3, -0.25) is 9.69 Å². The zero-order valence-corrected chi connectivity index (χ0v) is 12.7. The van der Waals surface area contributed by atoms with Gasteiger partial charge in [0.2, 0.25) is 5.91 Å². The SMILES string of the molecule is CCN1CCN(CC(=O)NCCC2(O)CCCC2)CC1. The van der Waals surface area contributed by atoms with Crippen molar-refractivity contribution < 1.29 is 9.90 Å². The normalized spacial score (nSPS) is 23.9. The van der Waals surface area contributed by atoms with Gasteiger partial charge in [-0.05, 0) is 25.8 Å². The minimum absolute atomic E-state index is 0.0940. The lowest BCUT2D eigenvalue weighted by atomic mass is 9.98. The highest BCUT2D eigenvalue weighted by Crippen LogP contribution is 2.31. The van der Waals surface area contributed by atoms with Crippen LogP contribution in [0, 0.1) is 0 Å². The van der Waals surface area contributed by atoms with Crippen LogP contribution in [0.25, 0.3) is 0 Å². The lowest BCUT2D eigenvalue weighted by Gasteiger charge is -2.33. The van der Waals surface area contributed by atoms with Gasteiger partial charge in [0.1, 0.15) is 0 Å². The Balaban J connectivity index is 1.58. The Morgan fingerprint density at radius 3 is 2.35 bits per heavy atom. The molecular weight excluding hydrogens is 254 g/mol. The van der Waals surface area contributed by atoms with Crippen LogP contribution < -0.4 is 5.32 Å². The largest absolute Gasteiger partial charge is 0.390 e. The zero-order valence-electron chi connectivity index (χ0n) is 12.7. The highest BCUT2D eigenvalue weighted by molar-refractivity contribution is 5.78. The molecule has 1 aliphatic heterocycles. The standard InChI is InChI=1S/C15H29N3O2/c1-2-17-9-11-18(12-10-17)13-14(19)16-8-7-15(20)5-3-4-6-15/h20H,2-13H2,1H3,(H,16,19). The Labute approximate surface area is 122 Å². The van der Waals surface area contributed by atoms with Crippen molar-refractivity contribution in [2.45, 2.75) is 44.6 Å². The van der Waals surface area contributed by atoms with Crippen molar-refractivity contribution >= 4 is 5.91 Å². The molecule has 0 unspecified atom stereocenters. The Bertz CT molecular complexity index is 308. The van der Waals surface area contributed by atoms with Crippen molar-refractivity contribution in [1.29, 1.82) is 0 Å². The summed E-state index contributed by atoms with van der Waals surface area (Å²) in [6.07, 6.45) is 4.71. The maximum absolute atomic E-state index is 11.9. The molecular formula is C15H29N3O2. The van der Waals surface area contributed by atoms with E-state index in [-0.39, 0.29) is 5.91 Å². The fourth-order valence-electron chi connectivity index (χ4n) is 3.24. The zero-order chi connectivity index (χ0) is 14.4. The van der Waals surface area contributed by atoms with Crippen LogP contribution in [0.15, 0.2) is 0 Å². The van der Waals surface area contributed by atoms with Gasteiger partial charge in [0.15, 0.2) is 0 Å². The second-order valence-electron chi connectivity index (χ2n) is 6.24. The predicted octanol–water partition coefficient (Wildman–Crippen LogP) is 0.435. The van der Waals surface area contributed by atoms with Crippen LogP contribution in [0.5, 0.6) is 0 Å². The summed E-state index contributed by atoms with van der Waals surface area (Å²) in [5.41, 5.74) is -0.514. The third-order valence-electron chi connectivity index (χ3n) is 4.73. The predicted molar refractivity (Wildman–Crippen MR) is 79.6 cm³/mol. The lowest BCUT2D eigenvalue weighted by molar-refractivity contribution is -0.122. The van der Waals surface area contributed by atoms with Gasteiger partial charge >= 0.3 is 0 Å². The van der Waals surface area contributed by atoms with E-state index in [0.29, 0.717) is 19.5 Å². The topological polar surface area (TPSA) is 55.8 Å². The van der Waals surface area contributed by atoms with Gasteiger partial charge in [-0.25, -0.2) is 0 Å². The van der Waals surface area contributed by atoms with Crippen LogP contribution in [-0.4, -0.2) is 72.2 Å². The van der Waals surface area contributed by atoms with E-state index in [1.807, 2.05) is 0 Å². The first kappa shape index (κ1) is 15.7. The van der Waals surface area contributed by atoms with Gasteiger partial charge in [-0.15, -0.1) is 0 Å². The Hall–Kier alpha value is -0.650. The summed E-state index contributed by atoms with van der Waals surface area (Å²) < 4.78 is 0. The molecule has 1 amide bonds. The van der Waals surface area contributed by atoms with Gasteiger partial charge in [-0.1, -0.05) is 19.8 Å². The molecule has 0 bridgehead atoms. The van der Waals surface area contributed by atoms with E-state index < -0.39 is 5.60 Å². The number of nitrogens with one attached hydrogen (secondary N) is 1. The molecule has 1 heterocycles. The fourth-order valence-corrected chi connectivity index (χ4v) is 3.24. The first-order valence-corrected chi connectivity index (χ1v) is 8.05. The highest BCUT2D eigenvalue weighted by Gasteiger charge is 2.30. The third kappa shape index (κ3) is 4.72. The monoisotopic (exact) mass is 283 g/mol. The summed E-state index contributed by atoms with van der Waals surface area (Å²) in [6, 6.07) is 0. The average Bonchev–Trinajstić information content (AvgIpc) is 2.86. The molecule has 1 saturated carbocycles. The molecule has 1 aliphatic carbocycles. The molecule has 0 radical (unpaired) electrons. The van der Waals surface area contributed by atoms with Gasteiger partial charge < -0.3 is 15.3 Å². The molecule has 5 heteroatoms. The van der Waals surface area contributed by atoms with E-state index >= 15 is 0 Å². The molecule has 0 aromatic rings. The van der Waals surface area contributed by atoms with Crippen LogP contribution in [-0.2, 0) is 4.79 Å². The first-order valence-electron chi connectivity index (χ1n) is 8.05. The molecule has 1 saturated heterocycles. The number of amides is 1. The van der Waals surface area contributed by atoms with Crippen molar-refractivity contribution in [3.8, 4) is 0 Å². The Kier molecular flexibility index (Phi) is 5.81. The molecule has 2 aliphatic rings. The van der Waals surface area contributed by atoms with Crippen molar-refractivity contribution in [2.75, 3.05) is 45.8 Å². The molecule has 5 nitrogen and oxygen atoms in total. The maximum atomic E-state index is 11.9. The van der Waals surface area contributed by atoms with Crippen molar-refractivity contribution in [3.63, 3.8) is 0 Å². The van der Waals surface area contributed by atoms with Gasteiger partial charge in [-0.2, -0.15) is 0 Å². The number of hydrogen-bond donors (Lipinski definition) is 2. The average molecular weight is 283 g/mol. The minimum atomic E-state index is -0.514. The van der Waals surface area contributed by atoms with Crippen LogP contribution in [0.3, 0.4) is 0 Å². The summed E-state index contributed by atoms with van der Waals surface area (Å²) in [4.78, 5) is 16.5. The first-order chi connectivity index (χ1) is 9.61. The minimum Gasteiger partial charge on any atom is -0.390 e. The Morgan fingerprint density at radius 2 is 1.75 bits per heavy atom. The van der Waals surface area contributed by atoms with E-state index in [1.54, 1.807) is 0 Å². The fraction of sp³-hybridized carbons (Fsp3) is 0.933. The molecule has 2 rings (SSSR count). The maximum Gasteiger partial charge on any atom is 0.234 e. The molecule has 0 aromatic heterocycles. The molecule has 0 aromatic carbocycles. The van der Waals surface area contributed by atoms with E-state index in [4.69, 9.17) is 0 Å². The molecule has 20 heavy (non-hydrogen) atoms. The summed E-state index contributed by atoms with van der Waals surface area (Å²) in [5, 5.41) is 13.2. The van der Waals surface area contributed by atoms with Gasteiger partial charge in [0, 0.05) is 32.7 Å². The number of likely N-dealkylation sites (N-methyl/N-ethyl adjacent to an activating group) is 1. The smallest absolute Gasteiger partial charge is 0.234 e. The molecule has 0 atom stereocenters. The van der Waals surface area contributed by atoms with Crippen molar-refractivity contribution in [1.82, 2.24) is 15.1 Å². The van der Waals surface area contributed by atoms with E-state index in [9.17, 15) is 9.90 Å². The molecule has 0 spiro atoms.